The first-order chi connectivity index (χ1) is 10.6. The van der Waals surface area contributed by atoms with E-state index < -0.39 is 0 Å². The molecule has 22 heavy (non-hydrogen) atoms. The van der Waals surface area contributed by atoms with Gasteiger partial charge in [0, 0.05) is 47.9 Å². The van der Waals surface area contributed by atoms with E-state index in [1.165, 1.54) is 11.3 Å². The van der Waals surface area contributed by atoms with E-state index in [9.17, 15) is 0 Å². The molecule has 3 rings (SSSR count). The van der Waals surface area contributed by atoms with Crippen molar-refractivity contribution in [1.29, 1.82) is 0 Å². The van der Waals surface area contributed by atoms with E-state index in [-0.39, 0.29) is 0 Å². The second-order valence-corrected chi connectivity index (χ2v) is 6.52. The number of nitrogens with zero attached hydrogens (tertiary/aromatic N) is 3. The van der Waals surface area contributed by atoms with Gasteiger partial charge in [-0.3, -0.25) is 4.68 Å². The van der Waals surface area contributed by atoms with Crippen LogP contribution in [0.15, 0.2) is 24.3 Å². The lowest BCUT2D eigenvalue weighted by Crippen LogP contribution is -2.25. The Labute approximate surface area is 137 Å². The van der Waals surface area contributed by atoms with E-state index in [1.54, 1.807) is 0 Å². The summed E-state index contributed by atoms with van der Waals surface area (Å²) in [5.74, 6) is 0. The van der Waals surface area contributed by atoms with Crippen molar-refractivity contribution in [1.82, 2.24) is 20.0 Å². The second kappa shape index (κ2) is 6.82. The summed E-state index contributed by atoms with van der Waals surface area (Å²) in [7, 11) is 4.23. The van der Waals surface area contributed by atoms with Gasteiger partial charge in [0.25, 0.3) is 0 Å². The number of hydrogen-bond donors (Lipinski definition) is 1. The van der Waals surface area contributed by atoms with Crippen LogP contribution < -0.4 is 5.32 Å². The molecule has 0 bridgehead atoms. The number of aromatic nitrogens is 2. The molecule has 0 atom stereocenters. The SMILES string of the molecule is CN(C)CCCn1nc(-c2ccc(Cl)cc2)c2c1CCNC2. The van der Waals surface area contributed by atoms with Gasteiger partial charge in [-0.1, -0.05) is 23.7 Å². The monoisotopic (exact) mass is 318 g/mol. The lowest BCUT2D eigenvalue weighted by molar-refractivity contribution is 0.377. The average Bonchev–Trinajstić information content (AvgIpc) is 2.87. The average molecular weight is 319 g/mol. The quantitative estimate of drug-likeness (QED) is 0.920. The zero-order chi connectivity index (χ0) is 15.5. The Kier molecular flexibility index (Phi) is 4.81. The fourth-order valence-electron chi connectivity index (χ4n) is 2.98. The molecule has 4 nitrogen and oxygen atoms in total. The van der Waals surface area contributed by atoms with E-state index in [4.69, 9.17) is 16.7 Å². The molecule has 1 N–H and O–H groups in total. The summed E-state index contributed by atoms with van der Waals surface area (Å²) >= 11 is 6.00. The molecule has 0 saturated heterocycles. The fraction of sp³-hybridized carbons (Fsp3) is 0.471. The van der Waals surface area contributed by atoms with Gasteiger partial charge < -0.3 is 10.2 Å². The summed E-state index contributed by atoms with van der Waals surface area (Å²) in [4.78, 5) is 2.22. The van der Waals surface area contributed by atoms with Crippen molar-refractivity contribution in [2.24, 2.45) is 0 Å². The van der Waals surface area contributed by atoms with Crippen LogP contribution in [0.1, 0.15) is 17.7 Å². The molecular formula is C17H23ClN4. The molecule has 1 aliphatic heterocycles. The lowest BCUT2D eigenvalue weighted by atomic mass is 10.0. The smallest absolute Gasteiger partial charge is 0.0971 e. The number of fused-ring (bicyclic) bond motifs is 1. The van der Waals surface area contributed by atoms with E-state index in [2.05, 4.69) is 41.1 Å². The van der Waals surface area contributed by atoms with Gasteiger partial charge in [0.05, 0.1) is 5.69 Å². The van der Waals surface area contributed by atoms with Gasteiger partial charge in [-0.2, -0.15) is 5.10 Å². The van der Waals surface area contributed by atoms with Gasteiger partial charge in [-0.15, -0.1) is 0 Å². The topological polar surface area (TPSA) is 33.1 Å². The van der Waals surface area contributed by atoms with Crippen LogP contribution in [0.5, 0.6) is 0 Å². The van der Waals surface area contributed by atoms with Gasteiger partial charge in [-0.05, 0) is 39.2 Å². The molecule has 0 unspecified atom stereocenters. The third-order valence-electron chi connectivity index (χ3n) is 4.10. The van der Waals surface area contributed by atoms with E-state index in [0.29, 0.717) is 0 Å². The highest BCUT2D eigenvalue weighted by atomic mass is 35.5. The van der Waals surface area contributed by atoms with Crippen molar-refractivity contribution in [3.8, 4) is 11.3 Å². The molecule has 0 spiro atoms. The van der Waals surface area contributed by atoms with E-state index in [0.717, 1.165) is 55.3 Å². The zero-order valence-electron chi connectivity index (χ0n) is 13.3. The minimum absolute atomic E-state index is 0.765. The first kappa shape index (κ1) is 15.5. The van der Waals surface area contributed by atoms with Crippen LogP contribution in [0.4, 0.5) is 0 Å². The molecule has 2 aromatic rings. The van der Waals surface area contributed by atoms with Gasteiger partial charge in [-0.25, -0.2) is 0 Å². The number of rotatable bonds is 5. The summed E-state index contributed by atoms with van der Waals surface area (Å²) in [6.45, 7) is 4.00. The Balaban J connectivity index is 1.90. The summed E-state index contributed by atoms with van der Waals surface area (Å²) in [5.41, 5.74) is 4.99. The minimum Gasteiger partial charge on any atom is -0.312 e. The van der Waals surface area contributed by atoms with Crippen molar-refractivity contribution in [2.75, 3.05) is 27.2 Å². The third kappa shape index (κ3) is 3.35. The summed E-state index contributed by atoms with van der Waals surface area (Å²) in [5, 5.41) is 9.13. The molecule has 0 radical (unpaired) electrons. The van der Waals surface area contributed by atoms with Crippen LogP contribution in [0.2, 0.25) is 5.02 Å². The number of aryl methyl sites for hydroxylation is 1. The molecule has 0 aliphatic carbocycles. The predicted octanol–water partition coefficient (Wildman–Crippen LogP) is 2.80. The number of hydrogen-bond acceptors (Lipinski definition) is 3. The Bertz CT molecular complexity index is 631. The number of nitrogens with one attached hydrogen (secondary N) is 1. The minimum atomic E-state index is 0.765. The van der Waals surface area contributed by atoms with E-state index in [1.807, 2.05) is 12.1 Å². The summed E-state index contributed by atoms with van der Waals surface area (Å²) in [6.07, 6.45) is 2.17. The highest BCUT2D eigenvalue weighted by Crippen LogP contribution is 2.28. The molecule has 0 amide bonds. The Morgan fingerprint density at radius 2 is 2.05 bits per heavy atom. The summed E-state index contributed by atoms with van der Waals surface area (Å²) < 4.78 is 2.21. The van der Waals surface area contributed by atoms with Crippen LogP contribution in [0, 0.1) is 0 Å². The van der Waals surface area contributed by atoms with Crippen molar-refractivity contribution in [2.45, 2.75) is 25.9 Å². The number of benzene rings is 1. The molecule has 0 fully saturated rings. The highest BCUT2D eigenvalue weighted by molar-refractivity contribution is 6.30. The van der Waals surface area contributed by atoms with Crippen molar-refractivity contribution >= 4 is 11.6 Å². The Morgan fingerprint density at radius 1 is 1.27 bits per heavy atom. The first-order valence-electron chi connectivity index (χ1n) is 7.85. The summed E-state index contributed by atoms with van der Waals surface area (Å²) in [6, 6.07) is 7.99. The first-order valence-corrected chi connectivity index (χ1v) is 8.23. The van der Waals surface area contributed by atoms with Crippen molar-refractivity contribution in [3.05, 3.63) is 40.5 Å². The third-order valence-corrected chi connectivity index (χ3v) is 4.35. The normalized spacial score (nSPS) is 14.4. The van der Waals surface area contributed by atoms with E-state index >= 15 is 0 Å². The van der Waals surface area contributed by atoms with Crippen LogP contribution >= 0.6 is 11.6 Å². The van der Waals surface area contributed by atoms with Gasteiger partial charge in [0.1, 0.15) is 0 Å². The van der Waals surface area contributed by atoms with Crippen LogP contribution in [0.25, 0.3) is 11.3 Å². The largest absolute Gasteiger partial charge is 0.312 e. The van der Waals surface area contributed by atoms with Gasteiger partial charge in [0.2, 0.25) is 0 Å². The highest BCUT2D eigenvalue weighted by Gasteiger charge is 2.21. The fourth-order valence-corrected chi connectivity index (χ4v) is 3.11. The van der Waals surface area contributed by atoms with Crippen LogP contribution in [0.3, 0.4) is 0 Å². The molecule has 2 heterocycles. The molecule has 1 aliphatic rings. The predicted molar refractivity (Wildman–Crippen MR) is 91.3 cm³/mol. The number of halogens is 1. The van der Waals surface area contributed by atoms with Crippen LogP contribution in [-0.4, -0.2) is 41.9 Å². The maximum absolute atomic E-state index is 6.00. The second-order valence-electron chi connectivity index (χ2n) is 6.09. The van der Waals surface area contributed by atoms with Gasteiger partial charge >= 0.3 is 0 Å². The maximum Gasteiger partial charge on any atom is 0.0971 e. The maximum atomic E-state index is 6.00. The molecular weight excluding hydrogens is 296 g/mol. The molecule has 5 heteroatoms. The van der Waals surface area contributed by atoms with Crippen molar-refractivity contribution in [3.63, 3.8) is 0 Å². The zero-order valence-corrected chi connectivity index (χ0v) is 14.0. The molecule has 0 saturated carbocycles. The molecule has 118 valence electrons. The van der Waals surface area contributed by atoms with Crippen molar-refractivity contribution < 1.29 is 0 Å². The molecule has 1 aromatic carbocycles. The Hall–Kier alpha value is -1.36. The Morgan fingerprint density at radius 3 is 2.77 bits per heavy atom. The lowest BCUT2D eigenvalue weighted by Gasteiger charge is -2.16. The standard InChI is InChI=1S/C17H23ClN4/c1-21(2)10-3-11-22-16-8-9-19-12-15(16)17(20-22)13-4-6-14(18)7-5-13/h4-7,19H,3,8-12H2,1-2H3. The van der Waals surface area contributed by atoms with Gasteiger partial charge in [0.15, 0.2) is 0 Å². The molecule has 1 aromatic heterocycles. The van der Waals surface area contributed by atoms with Crippen LogP contribution in [-0.2, 0) is 19.5 Å².